The van der Waals surface area contributed by atoms with E-state index < -0.39 is 0 Å². The van der Waals surface area contributed by atoms with Gasteiger partial charge >= 0.3 is 0 Å². The normalized spacial score (nSPS) is 10.2. The van der Waals surface area contributed by atoms with Crippen LogP contribution in [0.1, 0.15) is 11.1 Å². The molecule has 0 N–H and O–H groups in total. The van der Waals surface area contributed by atoms with Crippen LogP contribution >= 0.6 is 12.6 Å². The quantitative estimate of drug-likeness (QED) is 0.788. The highest BCUT2D eigenvalue weighted by Crippen LogP contribution is 2.14. The molecule has 0 spiro atoms. The van der Waals surface area contributed by atoms with Crippen molar-refractivity contribution in [3.63, 3.8) is 0 Å². The molecule has 0 saturated carbocycles. The summed E-state index contributed by atoms with van der Waals surface area (Å²) in [6.07, 6.45) is 1.00. The van der Waals surface area contributed by atoms with Crippen molar-refractivity contribution in [2.24, 2.45) is 0 Å². The maximum atomic E-state index is 5.71. The van der Waals surface area contributed by atoms with Crippen molar-refractivity contribution in [3.8, 4) is 5.75 Å². The number of aryl methyl sites for hydroxylation is 1. The van der Waals surface area contributed by atoms with E-state index in [1.165, 1.54) is 11.1 Å². The molecule has 0 aromatic heterocycles. The number of rotatable bonds is 5. The van der Waals surface area contributed by atoms with Crippen LogP contribution in [0, 0.1) is 0 Å². The van der Waals surface area contributed by atoms with E-state index in [9.17, 15) is 0 Å². The Labute approximate surface area is 108 Å². The zero-order valence-corrected chi connectivity index (χ0v) is 10.6. The van der Waals surface area contributed by atoms with E-state index >= 15 is 0 Å². The van der Waals surface area contributed by atoms with Crippen LogP contribution in [0.5, 0.6) is 5.75 Å². The van der Waals surface area contributed by atoms with E-state index in [0.717, 1.165) is 17.9 Å². The molecule has 0 bridgehead atoms. The minimum atomic E-state index is 0.618. The fraction of sp³-hybridized carbons (Fsp3) is 0.200. The number of thiol groups is 1. The lowest BCUT2D eigenvalue weighted by atomic mass is 10.2. The molecule has 2 aromatic rings. The van der Waals surface area contributed by atoms with Crippen molar-refractivity contribution in [2.75, 3.05) is 5.75 Å². The van der Waals surface area contributed by atoms with Gasteiger partial charge in [-0.1, -0.05) is 42.5 Å². The summed E-state index contributed by atoms with van der Waals surface area (Å²) in [5.74, 6) is 1.79. The average Bonchev–Trinajstić information content (AvgIpc) is 2.40. The Bertz CT molecular complexity index is 436. The van der Waals surface area contributed by atoms with E-state index in [0.29, 0.717) is 6.61 Å². The summed E-state index contributed by atoms with van der Waals surface area (Å²) in [6.45, 7) is 0.618. The van der Waals surface area contributed by atoms with Gasteiger partial charge in [0.2, 0.25) is 0 Å². The zero-order valence-electron chi connectivity index (χ0n) is 9.67. The second-order valence-corrected chi connectivity index (χ2v) is 4.34. The Kier molecular flexibility index (Phi) is 4.51. The Balaban J connectivity index is 1.91. The molecule has 0 saturated heterocycles. The molecular formula is C15H16OS. The summed E-state index contributed by atoms with van der Waals surface area (Å²) < 4.78 is 5.71. The molecule has 2 heteroatoms. The first-order valence-electron chi connectivity index (χ1n) is 5.75. The van der Waals surface area contributed by atoms with Crippen LogP contribution in [0.25, 0.3) is 0 Å². The molecular weight excluding hydrogens is 228 g/mol. The highest BCUT2D eigenvalue weighted by Gasteiger charge is 1.96. The predicted octanol–water partition coefficient (Wildman–Crippen LogP) is 3.74. The standard InChI is InChI=1S/C15H16OS/c17-11-10-13-6-8-15(9-7-13)16-12-14-4-2-1-3-5-14/h1-9,17H,10-12H2. The largest absolute Gasteiger partial charge is 0.489 e. The molecule has 2 rings (SSSR count). The molecule has 1 nitrogen and oxygen atoms in total. The van der Waals surface area contributed by atoms with Gasteiger partial charge in [0.05, 0.1) is 0 Å². The first-order valence-corrected chi connectivity index (χ1v) is 6.38. The lowest BCUT2D eigenvalue weighted by Gasteiger charge is -2.07. The van der Waals surface area contributed by atoms with E-state index in [-0.39, 0.29) is 0 Å². The second kappa shape index (κ2) is 6.36. The smallest absolute Gasteiger partial charge is 0.119 e. The lowest BCUT2D eigenvalue weighted by Crippen LogP contribution is -1.95. The van der Waals surface area contributed by atoms with Crippen LogP contribution in [0.3, 0.4) is 0 Å². The monoisotopic (exact) mass is 244 g/mol. The number of hydrogen-bond donors (Lipinski definition) is 1. The van der Waals surface area contributed by atoms with Crippen LogP contribution in [-0.4, -0.2) is 5.75 Å². The number of hydrogen-bond acceptors (Lipinski definition) is 2. The van der Waals surface area contributed by atoms with Crippen molar-refractivity contribution in [1.29, 1.82) is 0 Å². The molecule has 17 heavy (non-hydrogen) atoms. The van der Waals surface area contributed by atoms with Gasteiger partial charge in [-0.3, -0.25) is 0 Å². The van der Waals surface area contributed by atoms with Gasteiger partial charge in [-0.05, 0) is 35.4 Å². The molecule has 0 unspecified atom stereocenters. The van der Waals surface area contributed by atoms with Crippen molar-refractivity contribution >= 4 is 12.6 Å². The summed E-state index contributed by atoms with van der Waals surface area (Å²) in [6, 6.07) is 18.4. The van der Waals surface area contributed by atoms with Crippen molar-refractivity contribution in [1.82, 2.24) is 0 Å². The maximum absolute atomic E-state index is 5.71. The van der Waals surface area contributed by atoms with Crippen LogP contribution in [0.2, 0.25) is 0 Å². The van der Waals surface area contributed by atoms with E-state index in [1.807, 2.05) is 30.3 Å². The molecule has 88 valence electrons. The molecule has 0 atom stereocenters. The van der Waals surface area contributed by atoms with Crippen molar-refractivity contribution in [3.05, 3.63) is 65.7 Å². The first kappa shape index (κ1) is 12.1. The van der Waals surface area contributed by atoms with Gasteiger partial charge < -0.3 is 4.74 Å². The SMILES string of the molecule is SCCc1ccc(OCc2ccccc2)cc1. The highest BCUT2D eigenvalue weighted by atomic mass is 32.1. The summed E-state index contributed by atoms with van der Waals surface area (Å²) >= 11 is 4.22. The Morgan fingerprint density at radius 1 is 0.824 bits per heavy atom. The van der Waals surface area contributed by atoms with Gasteiger partial charge in [0.25, 0.3) is 0 Å². The van der Waals surface area contributed by atoms with Gasteiger partial charge in [-0.2, -0.15) is 12.6 Å². The fourth-order valence-electron chi connectivity index (χ4n) is 1.62. The molecule has 0 aliphatic heterocycles. The van der Waals surface area contributed by atoms with Gasteiger partial charge in [-0.25, -0.2) is 0 Å². The van der Waals surface area contributed by atoms with Gasteiger partial charge in [0, 0.05) is 0 Å². The fourth-order valence-corrected chi connectivity index (χ4v) is 1.88. The van der Waals surface area contributed by atoms with Gasteiger partial charge in [0.15, 0.2) is 0 Å². The third-order valence-corrected chi connectivity index (χ3v) is 2.80. The van der Waals surface area contributed by atoms with Crippen LogP contribution in [0.15, 0.2) is 54.6 Å². The highest BCUT2D eigenvalue weighted by molar-refractivity contribution is 7.80. The number of ether oxygens (including phenoxy) is 1. The molecule has 0 aliphatic carbocycles. The third-order valence-electron chi connectivity index (χ3n) is 2.57. The van der Waals surface area contributed by atoms with E-state index in [1.54, 1.807) is 0 Å². The Morgan fingerprint density at radius 3 is 2.18 bits per heavy atom. The molecule has 0 radical (unpaired) electrons. The third kappa shape index (κ3) is 3.82. The topological polar surface area (TPSA) is 9.23 Å². The molecule has 2 aromatic carbocycles. The van der Waals surface area contributed by atoms with E-state index in [4.69, 9.17) is 4.74 Å². The van der Waals surface area contributed by atoms with Crippen molar-refractivity contribution in [2.45, 2.75) is 13.0 Å². The van der Waals surface area contributed by atoms with Crippen LogP contribution in [-0.2, 0) is 13.0 Å². The lowest BCUT2D eigenvalue weighted by molar-refractivity contribution is 0.306. The summed E-state index contributed by atoms with van der Waals surface area (Å²) in [4.78, 5) is 0. The maximum Gasteiger partial charge on any atom is 0.119 e. The minimum Gasteiger partial charge on any atom is -0.489 e. The van der Waals surface area contributed by atoms with E-state index in [2.05, 4.69) is 36.9 Å². The average molecular weight is 244 g/mol. The minimum absolute atomic E-state index is 0.618. The van der Waals surface area contributed by atoms with Gasteiger partial charge in [-0.15, -0.1) is 0 Å². The molecule has 0 aliphatic rings. The summed E-state index contributed by atoms with van der Waals surface area (Å²) in [7, 11) is 0. The van der Waals surface area contributed by atoms with Crippen LogP contribution < -0.4 is 4.74 Å². The predicted molar refractivity (Wildman–Crippen MR) is 74.8 cm³/mol. The number of benzene rings is 2. The molecule has 0 heterocycles. The molecule has 0 fully saturated rings. The van der Waals surface area contributed by atoms with Gasteiger partial charge in [0.1, 0.15) is 12.4 Å². The van der Waals surface area contributed by atoms with Crippen molar-refractivity contribution < 1.29 is 4.74 Å². The first-order chi connectivity index (χ1) is 8.38. The summed E-state index contributed by atoms with van der Waals surface area (Å²) in [5.41, 5.74) is 2.49. The second-order valence-electron chi connectivity index (χ2n) is 3.89. The Hall–Kier alpha value is -1.41. The van der Waals surface area contributed by atoms with Crippen LogP contribution in [0.4, 0.5) is 0 Å². The zero-order chi connectivity index (χ0) is 11.9. The Morgan fingerprint density at radius 2 is 1.53 bits per heavy atom. The molecule has 0 amide bonds. The summed E-state index contributed by atoms with van der Waals surface area (Å²) in [5, 5.41) is 0.